The Balaban J connectivity index is 1.46. The summed E-state index contributed by atoms with van der Waals surface area (Å²) in [6.45, 7) is 12.0. The molecule has 138 valence electrons. The molecule has 5 nitrogen and oxygen atoms in total. The van der Waals surface area contributed by atoms with Crippen LogP contribution in [-0.4, -0.2) is 74.8 Å². The SMILES string of the molecule is CN=C(NCC1CN(CC(C)C)CCO1)N1CC2CCCCC2C1. The second kappa shape index (κ2) is 8.52. The van der Waals surface area contributed by atoms with Gasteiger partial charge < -0.3 is 15.0 Å². The molecular weight excluding hydrogens is 300 g/mol. The van der Waals surface area contributed by atoms with Crippen molar-refractivity contribution < 1.29 is 4.74 Å². The molecule has 3 unspecified atom stereocenters. The van der Waals surface area contributed by atoms with Gasteiger partial charge in [-0.3, -0.25) is 9.89 Å². The van der Waals surface area contributed by atoms with Gasteiger partial charge in [-0.25, -0.2) is 0 Å². The van der Waals surface area contributed by atoms with Crippen LogP contribution in [0.3, 0.4) is 0 Å². The van der Waals surface area contributed by atoms with E-state index in [1.54, 1.807) is 0 Å². The second-order valence-electron chi connectivity index (χ2n) is 8.28. The van der Waals surface area contributed by atoms with Crippen LogP contribution in [0.4, 0.5) is 0 Å². The Kier molecular flexibility index (Phi) is 6.39. The van der Waals surface area contributed by atoms with E-state index in [2.05, 4.69) is 34.0 Å². The lowest BCUT2D eigenvalue weighted by atomic mass is 9.82. The van der Waals surface area contributed by atoms with Crippen LogP contribution in [0.5, 0.6) is 0 Å². The number of hydrogen-bond acceptors (Lipinski definition) is 3. The molecule has 0 aromatic rings. The van der Waals surface area contributed by atoms with Crippen molar-refractivity contribution >= 4 is 5.96 Å². The number of nitrogens with one attached hydrogen (secondary N) is 1. The smallest absolute Gasteiger partial charge is 0.193 e. The Hall–Kier alpha value is -0.810. The van der Waals surface area contributed by atoms with E-state index in [0.29, 0.717) is 0 Å². The zero-order valence-corrected chi connectivity index (χ0v) is 15.8. The van der Waals surface area contributed by atoms with Crippen LogP contribution in [0.15, 0.2) is 4.99 Å². The molecule has 1 aliphatic carbocycles. The summed E-state index contributed by atoms with van der Waals surface area (Å²) in [6, 6.07) is 0. The van der Waals surface area contributed by atoms with E-state index in [4.69, 9.17) is 4.74 Å². The van der Waals surface area contributed by atoms with Crippen LogP contribution in [0.25, 0.3) is 0 Å². The van der Waals surface area contributed by atoms with Gasteiger partial charge >= 0.3 is 0 Å². The van der Waals surface area contributed by atoms with Gasteiger partial charge in [-0.2, -0.15) is 0 Å². The van der Waals surface area contributed by atoms with Crippen LogP contribution >= 0.6 is 0 Å². The maximum atomic E-state index is 5.96. The van der Waals surface area contributed by atoms with Crippen molar-refractivity contribution in [2.45, 2.75) is 45.6 Å². The first-order valence-corrected chi connectivity index (χ1v) is 9.95. The summed E-state index contributed by atoms with van der Waals surface area (Å²) < 4.78 is 5.96. The third-order valence-electron chi connectivity index (χ3n) is 5.82. The zero-order chi connectivity index (χ0) is 16.9. The second-order valence-corrected chi connectivity index (χ2v) is 8.28. The molecule has 2 aliphatic heterocycles. The maximum absolute atomic E-state index is 5.96. The molecule has 0 aromatic heterocycles. The lowest BCUT2D eigenvalue weighted by molar-refractivity contribution is -0.0286. The zero-order valence-electron chi connectivity index (χ0n) is 15.8. The lowest BCUT2D eigenvalue weighted by Crippen LogP contribution is -2.50. The normalized spacial score (nSPS) is 32.2. The maximum Gasteiger partial charge on any atom is 0.193 e. The van der Waals surface area contributed by atoms with Gasteiger partial charge in [0.1, 0.15) is 0 Å². The van der Waals surface area contributed by atoms with Gasteiger partial charge in [0.05, 0.1) is 12.7 Å². The van der Waals surface area contributed by atoms with Gasteiger partial charge in [0, 0.05) is 46.3 Å². The number of likely N-dealkylation sites (tertiary alicyclic amines) is 1. The highest BCUT2D eigenvalue weighted by Crippen LogP contribution is 2.35. The highest BCUT2D eigenvalue weighted by atomic mass is 16.5. The van der Waals surface area contributed by atoms with E-state index < -0.39 is 0 Å². The first kappa shape index (κ1) is 18.0. The highest BCUT2D eigenvalue weighted by Gasteiger charge is 2.35. The van der Waals surface area contributed by atoms with Crippen LogP contribution < -0.4 is 5.32 Å². The first-order chi connectivity index (χ1) is 11.7. The lowest BCUT2D eigenvalue weighted by Gasteiger charge is -2.34. The molecule has 0 spiro atoms. The van der Waals surface area contributed by atoms with Crippen molar-refractivity contribution in [1.82, 2.24) is 15.1 Å². The molecule has 3 fully saturated rings. The number of nitrogens with zero attached hydrogens (tertiary/aromatic N) is 3. The van der Waals surface area contributed by atoms with Crippen LogP contribution in [0, 0.1) is 17.8 Å². The Morgan fingerprint density at radius 1 is 1.17 bits per heavy atom. The Labute approximate surface area is 147 Å². The molecule has 0 aromatic carbocycles. The van der Waals surface area contributed by atoms with Crippen molar-refractivity contribution in [2.75, 3.05) is 52.9 Å². The van der Waals surface area contributed by atoms with E-state index in [1.165, 1.54) is 45.3 Å². The minimum absolute atomic E-state index is 0.277. The van der Waals surface area contributed by atoms with Crippen LogP contribution in [0.1, 0.15) is 39.5 Å². The van der Waals surface area contributed by atoms with Gasteiger partial charge in [-0.05, 0) is 30.6 Å². The molecule has 0 radical (unpaired) electrons. The third kappa shape index (κ3) is 4.63. The summed E-state index contributed by atoms with van der Waals surface area (Å²) in [6.07, 6.45) is 5.94. The largest absolute Gasteiger partial charge is 0.374 e. The van der Waals surface area contributed by atoms with E-state index in [0.717, 1.165) is 50.0 Å². The van der Waals surface area contributed by atoms with Crippen molar-refractivity contribution in [3.05, 3.63) is 0 Å². The molecular formula is C19H36N4O. The number of aliphatic imine (C=N–C) groups is 1. The summed E-state index contributed by atoms with van der Waals surface area (Å²) in [5.74, 6) is 3.58. The van der Waals surface area contributed by atoms with Gasteiger partial charge in [-0.15, -0.1) is 0 Å². The summed E-state index contributed by atoms with van der Waals surface area (Å²) in [4.78, 5) is 9.56. The van der Waals surface area contributed by atoms with Crippen LogP contribution in [0.2, 0.25) is 0 Å². The molecule has 0 bridgehead atoms. The van der Waals surface area contributed by atoms with E-state index in [9.17, 15) is 0 Å². The number of morpholine rings is 1. The van der Waals surface area contributed by atoms with Gasteiger partial charge in [0.25, 0.3) is 0 Å². The Morgan fingerprint density at radius 3 is 2.50 bits per heavy atom. The summed E-state index contributed by atoms with van der Waals surface area (Å²) >= 11 is 0. The topological polar surface area (TPSA) is 40.1 Å². The van der Waals surface area contributed by atoms with Crippen molar-refractivity contribution in [2.24, 2.45) is 22.7 Å². The molecule has 5 heteroatoms. The molecule has 2 saturated heterocycles. The van der Waals surface area contributed by atoms with Gasteiger partial charge in [0.15, 0.2) is 5.96 Å². The fourth-order valence-electron chi connectivity index (χ4n) is 4.70. The first-order valence-electron chi connectivity index (χ1n) is 9.95. The minimum atomic E-state index is 0.277. The standard InChI is InChI=1S/C19H36N4O/c1-15(2)11-22-8-9-24-18(14-22)10-21-19(20-3)23-12-16-6-4-5-7-17(16)13-23/h15-18H,4-14H2,1-3H3,(H,20,21). The number of fused-ring (bicyclic) bond motifs is 1. The quantitative estimate of drug-likeness (QED) is 0.630. The van der Waals surface area contributed by atoms with Crippen molar-refractivity contribution in [1.29, 1.82) is 0 Å². The minimum Gasteiger partial charge on any atom is -0.374 e. The average Bonchev–Trinajstić information content (AvgIpc) is 2.99. The number of guanidine groups is 1. The summed E-state index contributed by atoms with van der Waals surface area (Å²) in [5.41, 5.74) is 0. The average molecular weight is 337 g/mol. The Morgan fingerprint density at radius 2 is 1.88 bits per heavy atom. The molecule has 3 atom stereocenters. The molecule has 3 rings (SSSR count). The van der Waals surface area contributed by atoms with Crippen LogP contribution in [-0.2, 0) is 4.74 Å². The molecule has 1 saturated carbocycles. The molecule has 24 heavy (non-hydrogen) atoms. The molecule has 1 N–H and O–H groups in total. The number of ether oxygens (including phenoxy) is 1. The summed E-state index contributed by atoms with van der Waals surface area (Å²) in [5, 5.41) is 3.59. The third-order valence-corrected chi connectivity index (χ3v) is 5.82. The highest BCUT2D eigenvalue weighted by molar-refractivity contribution is 5.80. The van der Waals surface area contributed by atoms with Crippen molar-refractivity contribution in [3.63, 3.8) is 0 Å². The number of hydrogen-bond donors (Lipinski definition) is 1. The molecule has 2 heterocycles. The predicted molar refractivity (Wildman–Crippen MR) is 99.4 cm³/mol. The summed E-state index contributed by atoms with van der Waals surface area (Å²) in [7, 11) is 1.91. The molecule has 3 aliphatic rings. The van der Waals surface area contributed by atoms with Gasteiger partial charge in [-0.1, -0.05) is 26.7 Å². The van der Waals surface area contributed by atoms with Crippen molar-refractivity contribution in [3.8, 4) is 0 Å². The monoisotopic (exact) mass is 336 g/mol. The Bertz CT molecular complexity index is 412. The predicted octanol–water partition coefficient (Wildman–Crippen LogP) is 2.04. The number of rotatable bonds is 4. The molecule has 0 amide bonds. The van der Waals surface area contributed by atoms with E-state index in [-0.39, 0.29) is 6.10 Å². The van der Waals surface area contributed by atoms with E-state index in [1.807, 2.05) is 7.05 Å². The van der Waals surface area contributed by atoms with Gasteiger partial charge in [0.2, 0.25) is 0 Å². The van der Waals surface area contributed by atoms with E-state index >= 15 is 0 Å². The fourth-order valence-corrected chi connectivity index (χ4v) is 4.70. The fraction of sp³-hybridized carbons (Fsp3) is 0.947.